The maximum atomic E-state index is 12.7. The van der Waals surface area contributed by atoms with Crippen LogP contribution in [0.1, 0.15) is 137 Å². The molecule has 0 saturated heterocycles. The Bertz CT molecular complexity index is 534. The molecule has 0 aliphatic carbocycles. The number of thioether (sulfide) groups is 1. The molecule has 0 radical (unpaired) electrons. The van der Waals surface area contributed by atoms with E-state index in [2.05, 4.69) is 13.8 Å². The topological polar surface area (TPSA) is 71.1 Å². The van der Waals surface area contributed by atoms with E-state index in [0.29, 0.717) is 6.42 Å². The Morgan fingerprint density at radius 2 is 1.29 bits per heavy atom. The molecule has 0 aromatic carbocycles. The zero-order chi connectivity index (χ0) is 26.2. The summed E-state index contributed by atoms with van der Waals surface area (Å²) in [7, 11) is -3.99. The quantitative estimate of drug-likeness (QED) is 0.0469. The Labute approximate surface area is 220 Å². The first kappa shape index (κ1) is 34.9. The van der Waals surface area contributed by atoms with Crippen molar-refractivity contribution in [1.82, 2.24) is 0 Å². The van der Waals surface area contributed by atoms with Crippen molar-refractivity contribution in [2.45, 2.75) is 149 Å². The molecule has 0 aliphatic heterocycles. The molecular weight excluding hydrogens is 483 g/mol. The molecule has 8 heteroatoms. The van der Waals surface area contributed by atoms with Crippen LogP contribution in [0.2, 0.25) is 0 Å². The highest BCUT2D eigenvalue weighted by atomic mass is 32.2. The molecular formula is C27H55O6PS. The third kappa shape index (κ3) is 18.8. The van der Waals surface area contributed by atoms with Gasteiger partial charge in [-0.15, -0.1) is 0 Å². The number of carbonyl (C=O) groups excluding carboxylic acids is 1. The summed E-state index contributed by atoms with van der Waals surface area (Å²) >= 11 is 1.90. The van der Waals surface area contributed by atoms with Crippen molar-refractivity contribution >= 4 is 25.1 Å². The summed E-state index contributed by atoms with van der Waals surface area (Å²) in [5, 5.41) is 0.224. The third-order valence-corrected chi connectivity index (χ3v) is 9.17. The van der Waals surface area contributed by atoms with Crippen LogP contribution in [0, 0.1) is 0 Å². The van der Waals surface area contributed by atoms with Gasteiger partial charge in [-0.3, -0.25) is 4.89 Å². The van der Waals surface area contributed by atoms with E-state index in [1.807, 2.05) is 25.6 Å². The largest absolute Gasteiger partial charge is 0.452 e. The van der Waals surface area contributed by atoms with Gasteiger partial charge in [0.2, 0.25) is 0 Å². The first-order valence-corrected chi connectivity index (χ1v) is 16.9. The number of hydrogen-bond donors (Lipinski definition) is 0. The smallest absolute Gasteiger partial charge is 0.301 e. The number of hydrogen-bond acceptors (Lipinski definition) is 7. The Kier molecular flexibility index (Phi) is 24.2. The summed E-state index contributed by atoms with van der Waals surface area (Å²) in [6.45, 7) is 10.2. The van der Waals surface area contributed by atoms with Gasteiger partial charge in [-0.2, -0.15) is 16.6 Å². The number of unbranched alkanes of at least 4 members (excludes halogenated alkanes) is 12. The lowest BCUT2D eigenvalue weighted by Crippen LogP contribution is -2.25. The molecule has 0 heterocycles. The van der Waals surface area contributed by atoms with Crippen molar-refractivity contribution in [1.29, 1.82) is 0 Å². The molecule has 0 bridgehead atoms. The van der Waals surface area contributed by atoms with Gasteiger partial charge in [0, 0.05) is 5.25 Å². The van der Waals surface area contributed by atoms with Crippen LogP contribution in [-0.4, -0.2) is 36.0 Å². The fourth-order valence-corrected chi connectivity index (χ4v) is 6.30. The molecule has 0 aliphatic rings. The zero-order valence-electron chi connectivity index (χ0n) is 23.4. The van der Waals surface area contributed by atoms with Crippen LogP contribution >= 0.6 is 19.4 Å². The van der Waals surface area contributed by atoms with Crippen LogP contribution in [0.25, 0.3) is 0 Å². The molecule has 35 heavy (non-hydrogen) atoms. The minimum absolute atomic E-state index is 0.0978. The van der Waals surface area contributed by atoms with E-state index in [0.717, 1.165) is 18.6 Å². The van der Waals surface area contributed by atoms with E-state index in [-0.39, 0.29) is 24.6 Å². The maximum Gasteiger partial charge on any atom is 0.452 e. The van der Waals surface area contributed by atoms with Gasteiger partial charge >= 0.3 is 13.3 Å². The van der Waals surface area contributed by atoms with Gasteiger partial charge in [-0.25, -0.2) is 9.36 Å². The predicted octanol–water partition coefficient (Wildman–Crippen LogP) is 10.1. The van der Waals surface area contributed by atoms with E-state index in [9.17, 15) is 9.36 Å². The van der Waals surface area contributed by atoms with Gasteiger partial charge in [-0.05, 0) is 38.9 Å². The predicted molar refractivity (Wildman–Crippen MR) is 149 cm³/mol. The average molecular weight is 539 g/mol. The third-order valence-electron chi connectivity index (χ3n) is 5.95. The minimum Gasteiger partial charge on any atom is -0.301 e. The van der Waals surface area contributed by atoms with Gasteiger partial charge in [0.25, 0.3) is 0 Å². The van der Waals surface area contributed by atoms with Gasteiger partial charge in [0.05, 0.1) is 13.2 Å². The van der Waals surface area contributed by atoms with Gasteiger partial charge in [0.15, 0.2) is 0 Å². The first-order chi connectivity index (χ1) is 16.9. The van der Waals surface area contributed by atoms with Crippen LogP contribution in [0.4, 0.5) is 4.79 Å². The highest BCUT2D eigenvalue weighted by Crippen LogP contribution is 2.50. The van der Waals surface area contributed by atoms with Crippen LogP contribution in [-0.2, 0) is 23.4 Å². The van der Waals surface area contributed by atoms with Crippen molar-refractivity contribution < 1.29 is 28.2 Å². The van der Waals surface area contributed by atoms with Gasteiger partial charge in [-0.1, -0.05) is 104 Å². The monoisotopic (exact) mass is 538 g/mol. The summed E-state index contributed by atoms with van der Waals surface area (Å²) in [6.07, 6.45) is 19.3. The molecule has 0 aromatic heterocycles. The van der Waals surface area contributed by atoms with E-state index >= 15 is 0 Å². The maximum absolute atomic E-state index is 12.7. The second-order valence-electron chi connectivity index (χ2n) is 9.34. The molecule has 0 N–H and O–H groups in total. The Hall–Kier alpha value is -0.0700. The summed E-state index contributed by atoms with van der Waals surface area (Å²) in [4.78, 5) is 22.8. The molecule has 0 rings (SSSR count). The summed E-state index contributed by atoms with van der Waals surface area (Å²) in [5.41, 5.74) is -1.06. The number of carbonyl (C=O) groups is 1. The van der Waals surface area contributed by atoms with E-state index in [1.165, 1.54) is 83.5 Å². The zero-order valence-corrected chi connectivity index (χ0v) is 25.1. The van der Waals surface area contributed by atoms with Crippen molar-refractivity contribution in [3.8, 4) is 0 Å². The average Bonchev–Trinajstić information content (AvgIpc) is 2.85. The fourth-order valence-electron chi connectivity index (χ4n) is 3.80. The molecule has 0 amide bonds. The lowest BCUT2D eigenvalue weighted by molar-refractivity contribution is -0.262. The summed E-state index contributed by atoms with van der Waals surface area (Å²) < 4.78 is 23.0. The van der Waals surface area contributed by atoms with Crippen LogP contribution in [0.3, 0.4) is 0 Å². The van der Waals surface area contributed by atoms with Crippen molar-refractivity contribution in [3.05, 3.63) is 0 Å². The summed E-state index contributed by atoms with van der Waals surface area (Å²) in [6, 6.07) is 0. The van der Waals surface area contributed by atoms with E-state index in [4.69, 9.17) is 18.8 Å². The lowest BCUT2D eigenvalue weighted by Gasteiger charge is -2.23. The normalized spacial score (nSPS) is 15.0. The molecule has 0 spiro atoms. The second-order valence-corrected chi connectivity index (χ2v) is 12.6. The van der Waals surface area contributed by atoms with Crippen molar-refractivity contribution in [2.75, 3.05) is 19.0 Å². The SMILES string of the molecule is CCCCCCCCCCCSC(CCCCCCC)C(C)OOC(=O)P(=O)(OCC)OCCC. The van der Waals surface area contributed by atoms with Crippen LogP contribution in [0.15, 0.2) is 0 Å². The molecule has 6 nitrogen and oxygen atoms in total. The van der Waals surface area contributed by atoms with E-state index < -0.39 is 13.3 Å². The minimum atomic E-state index is -3.99. The van der Waals surface area contributed by atoms with Crippen LogP contribution in [0.5, 0.6) is 0 Å². The molecule has 0 saturated carbocycles. The number of rotatable bonds is 26. The molecule has 210 valence electrons. The van der Waals surface area contributed by atoms with E-state index in [1.54, 1.807) is 6.92 Å². The van der Waals surface area contributed by atoms with Crippen molar-refractivity contribution in [3.63, 3.8) is 0 Å². The first-order valence-electron chi connectivity index (χ1n) is 14.3. The van der Waals surface area contributed by atoms with Crippen LogP contribution < -0.4 is 0 Å². The Morgan fingerprint density at radius 3 is 1.83 bits per heavy atom. The summed E-state index contributed by atoms with van der Waals surface area (Å²) in [5.74, 6) is 1.08. The Balaban J connectivity index is 4.52. The fraction of sp³-hybridized carbons (Fsp3) is 0.963. The Morgan fingerprint density at radius 1 is 0.743 bits per heavy atom. The standard InChI is InChI=1S/C27H55O6PS/c1-6-10-12-14-15-16-17-19-21-24-35-26(22-20-18-13-11-7-2)25(5)32-33-27(28)34(29,30-9-4)31-23-8-3/h25-26H,6-24H2,1-5H3. The van der Waals surface area contributed by atoms with Crippen molar-refractivity contribution in [2.24, 2.45) is 0 Å². The van der Waals surface area contributed by atoms with Gasteiger partial charge < -0.3 is 9.05 Å². The lowest BCUT2D eigenvalue weighted by atomic mass is 10.1. The molecule has 3 unspecified atom stereocenters. The molecule has 3 atom stereocenters. The second kappa shape index (κ2) is 24.3. The molecule has 0 aromatic rings. The highest BCUT2D eigenvalue weighted by molar-refractivity contribution is 7.99. The van der Waals surface area contributed by atoms with Gasteiger partial charge in [0.1, 0.15) is 6.10 Å². The highest BCUT2D eigenvalue weighted by Gasteiger charge is 2.38. The molecule has 0 fully saturated rings.